The van der Waals surface area contributed by atoms with Crippen LogP contribution in [0, 0.1) is 5.92 Å². The van der Waals surface area contributed by atoms with Gasteiger partial charge in [0.1, 0.15) is 11.8 Å². The summed E-state index contributed by atoms with van der Waals surface area (Å²) in [4.78, 5) is 41.4. The number of H-pyrrole nitrogens is 1. The summed E-state index contributed by atoms with van der Waals surface area (Å²) in [6, 6.07) is 17.8. The van der Waals surface area contributed by atoms with Gasteiger partial charge in [-0.1, -0.05) is 61.4 Å². The predicted molar refractivity (Wildman–Crippen MR) is 159 cm³/mol. The molecule has 1 fully saturated rings. The van der Waals surface area contributed by atoms with E-state index in [0.717, 1.165) is 47.0 Å². The number of benzene rings is 2. The number of hydrogen-bond donors (Lipinski definition) is 3. The van der Waals surface area contributed by atoms with Crippen LogP contribution in [0.15, 0.2) is 54.6 Å². The highest BCUT2D eigenvalue weighted by Gasteiger charge is 2.34. The van der Waals surface area contributed by atoms with E-state index in [-0.39, 0.29) is 29.1 Å². The number of aromatic amines is 1. The number of aromatic nitrogens is 1. The van der Waals surface area contributed by atoms with Gasteiger partial charge in [0, 0.05) is 42.1 Å². The second-order valence-corrected chi connectivity index (χ2v) is 11.6. The number of fused-ring (bicyclic) bond motifs is 1. The summed E-state index contributed by atoms with van der Waals surface area (Å²) < 4.78 is 5.78. The molecule has 7 nitrogen and oxygen atoms in total. The lowest BCUT2D eigenvalue weighted by Gasteiger charge is -2.35. The average Bonchev–Trinajstić information content (AvgIpc) is 3.30. The lowest BCUT2D eigenvalue weighted by molar-refractivity contribution is -0.138. The largest absolute Gasteiger partial charge is 0.376 e. The SMILES string of the molecule is CC(=O)CCCCC[C@H](NC(=O)C1CCOC(C)(C)C1)C(=O)NCCc1c(-c2ccccc2)[nH]c2ccccc12. The summed E-state index contributed by atoms with van der Waals surface area (Å²) in [6.07, 6.45) is 5.46. The van der Waals surface area contributed by atoms with Gasteiger partial charge >= 0.3 is 0 Å². The van der Waals surface area contributed by atoms with Crippen LogP contribution in [-0.4, -0.2) is 47.4 Å². The Bertz CT molecular complexity index is 1300. The van der Waals surface area contributed by atoms with Crippen LogP contribution >= 0.6 is 0 Å². The van der Waals surface area contributed by atoms with Crippen molar-refractivity contribution in [3.8, 4) is 11.3 Å². The molecule has 2 atom stereocenters. The van der Waals surface area contributed by atoms with E-state index in [2.05, 4.69) is 39.9 Å². The molecule has 214 valence electrons. The van der Waals surface area contributed by atoms with E-state index in [0.29, 0.717) is 45.3 Å². The lowest BCUT2D eigenvalue weighted by Crippen LogP contribution is -2.50. The Morgan fingerprint density at radius 2 is 1.77 bits per heavy atom. The molecule has 0 spiro atoms. The molecular weight excluding hydrogens is 502 g/mol. The molecule has 3 N–H and O–H groups in total. The van der Waals surface area contributed by atoms with Gasteiger partial charge in [0.15, 0.2) is 0 Å². The molecule has 3 aromatic rings. The lowest BCUT2D eigenvalue weighted by atomic mass is 9.87. The second-order valence-electron chi connectivity index (χ2n) is 11.6. The third kappa shape index (κ3) is 8.04. The fraction of sp³-hybridized carbons (Fsp3) is 0.485. The van der Waals surface area contributed by atoms with Gasteiger partial charge in [0.25, 0.3) is 0 Å². The molecule has 1 aliphatic rings. The standard InChI is InChI=1S/C33H43N3O4/c1-23(37)12-6-4-9-17-29(36-31(38)25-19-21-40-33(2,3)22-25)32(39)34-20-18-27-26-15-10-11-16-28(26)35-30(27)24-13-7-5-8-14-24/h5,7-8,10-11,13-16,25,29,35H,4,6,9,12,17-22H2,1-3H3,(H,34,39)(H,36,38)/t25?,29-/m0/s1. The number of rotatable bonds is 13. The molecule has 1 aromatic heterocycles. The van der Waals surface area contributed by atoms with Crippen LogP contribution in [0.3, 0.4) is 0 Å². The highest BCUT2D eigenvalue weighted by molar-refractivity contribution is 5.91. The highest BCUT2D eigenvalue weighted by Crippen LogP contribution is 2.31. The van der Waals surface area contributed by atoms with Gasteiger partial charge < -0.3 is 25.1 Å². The van der Waals surface area contributed by atoms with Gasteiger partial charge in [0.2, 0.25) is 11.8 Å². The summed E-state index contributed by atoms with van der Waals surface area (Å²) in [5.41, 5.74) is 4.05. The molecule has 0 saturated carbocycles. The first kappa shape index (κ1) is 29.5. The Morgan fingerprint density at radius 1 is 1.02 bits per heavy atom. The smallest absolute Gasteiger partial charge is 0.242 e. The van der Waals surface area contributed by atoms with Crippen LogP contribution < -0.4 is 10.6 Å². The zero-order valence-electron chi connectivity index (χ0n) is 24.1. The van der Waals surface area contributed by atoms with Gasteiger partial charge in [-0.25, -0.2) is 0 Å². The fourth-order valence-corrected chi connectivity index (χ4v) is 5.66. The molecule has 7 heteroatoms. The number of ether oxygens (including phenoxy) is 1. The molecule has 2 heterocycles. The molecule has 1 aliphatic heterocycles. The monoisotopic (exact) mass is 545 g/mol. The van der Waals surface area contributed by atoms with Gasteiger partial charge in [-0.15, -0.1) is 0 Å². The van der Waals surface area contributed by atoms with E-state index >= 15 is 0 Å². The molecule has 0 radical (unpaired) electrons. The van der Waals surface area contributed by atoms with Gasteiger partial charge in [-0.3, -0.25) is 9.59 Å². The molecule has 2 aromatic carbocycles. The number of para-hydroxylation sites is 1. The summed E-state index contributed by atoms with van der Waals surface area (Å²) in [5, 5.41) is 7.30. The zero-order chi connectivity index (χ0) is 28.5. The Kier molecular flexibility index (Phi) is 10.2. The van der Waals surface area contributed by atoms with Gasteiger partial charge in [0.05, 0.1) is 5.60 Å². The van der Waals surface area contributed by atoms with Gasteiger partial charge in [-0.2, -0.15) is 0 Å². The van der Waals surface area contributed by atoms with Crippen molar-refractivity contribution in [3.05, 3.63) is 60.2 Å². The molecule has 4 rings (SSSR count). The maximum Gasteiger partial charge on any atom is 0.242 e. The van der Waals surface area contributed by atoms with E-state index in [9.17, 15) is 14.4 Å². The molecule has 0 aliphatic carbocycles. The second kappa shape index (κ2) is 13.8. The Hall–Kier alpha value is -3.45. The Labute approximate surface area is 237 Å². The summed E-state index contributed by atoms with van der Waals surface area (Å²) in [6.45, 7) is 6.60. The minimum absolute atomic E-state index is 0.0803. The van der Waals surface area contributed by atoms with E-state index in [1.807, 2.05) is 44.2 Å². The molecule has 1 saturated heterocycles. The number of Topliss-reactive ketones (excluding diaryl/α,β-unsaturated/α-hetero) is 1. The minimum Gasteiger partial charge on any atom is -0.376 e. The van der Waals surface area contributed by atoms with Crippen LogP contribution in [0.25, 0.3) is 22.2 Å². The topological polar surface area (TPSA) is 100 Å². The number of unbranched alkanes of at least 4 members (excludes halogenated alkanes) is 2. The van der Waals surface area contributed by atoms with Crippen molar-refractivity contribution >= 4 is 28.5 Å². The fourth-order valence-electron chi connectivity index (χ4n) is 5.66. The highest BCUT2D eigenvalue weighted by atomic mass is 16.5. The van der Waals surface area contributed by atoms with E-state index in [4.69, 9.17) is 4.74 Å². The summed E-state index contributed by atoms with van der Waals surface area (Å²) in [5.74, 6) is -0.233. The molecule has 2 amide bonds. The van der Waals surface area contributed by atoms with Crippen molar-refractivity contribution in [1.82, 2.24) is 15.6 Å². The number of carbonyl (C=O) groups is 3. The maximum atomic E-state index is 13.4. The summed E-state index contributed by atoms with van der Waals surface area (Å²) in [7, 11) is 0. The van der Waals surface area contributed by atoms with Crippen LogP contribution in [0.2, 0.25) is 0 Å². The number of carbonyl (C=O) groups excluding carboxylic acids is 3. The Morgan fingerprint density at radius 3 is 2.52 bits per heavy atom. The van der Waals surface area contributed by atoms with Crippen molar-refractivity contribution in [2.24, 2.45) is 5.92 Å². The molecule has 1 unspecified atom stereocenters. The molecule has 40 heavy (non-hydrogen) atoms. The van der Waals surface area contributed by atoms with Crippen LogP contribution in [0.1, 0.15) is 71.3 Å². The molecule has 0 bridgehead atoms. The van der Waals surface area contributed by atoms with Crippen molar-refractivity contribution in [2.75, 3.05) is 13.2 Å². The van der Waals surface area contributed by atoms with Gasteiger partial charge in [-0.05, 0) is 70.1 Å². The van der Waals surface area contributed by atoms with Crippen molar-refractivity contribution in [1.29, 1.82) is 0 Å². The summed E-state index contributed by atoms with van der Waals surface area (Å²) >= 11 is 0. The number of nitrogens with one attached hydrogen (secondary N) is 3. The van der Waals surface area contributed by atoms with Crippen LogP contribution in [0.4, 0.5) is 0 Å². The average molecular weight is 546 g/mol. The Balaban J connectivity index is 1.41. The van der Waals surface area contributed by atoms with E-state index in [1.165, 1.54) is 0 Å². The third-order valence-corrected chi connectivity index (χ3v) is 7.77. The van der Waals surface area contributed by atoms with Crippen LogP contribution in [-0.2, 0) is 25.5 Å². The first-order valence-electron chi connectivity index (χ1n) is 14.6. The van der Waals surface area contributed by atoms with E-state index < -0.39 is 6.04 Å². The normalized spacial score (nSPS) is 17.3. The minimum atomic E-state index is -0.604. The van der Waals surface area contributed by atoms with Crippen molar-refractivity contribution < 1.29 is 19.1 Å². The third-order valence-electron chi connectivity index (χ3n) is 7.77. The maximum absolute atomic E-state index is 13.4. The first-order chi connectivity index (χ1) is 19.2. The predicted octanol–water partition coefficient (Wildman–Crippen LogP) is 5.72. The quantitative estimate of drug-likeness (QED) is 0.239. The zero-order valence-corrected chi connectivity index (χ0v) is 24.1. The number of amides is 2. The van der Waals surface area contributed by atoms with Crippen molar-refractivity contribution in [2.45, 2.75) is 83.8 Å². The van der Waals surface area contributed by atoms with E-state index in [1.54, 1.807) is 6.92 Å². The number of ketones is 1. The van der Waals surface area contributed by atoms with Crippen molar-refractivity contribution in [3.63, 3.8) is 0 Å². The molecular formula is C33H43N3O4. The number of hydrogen-bond acceptors (Lipinski definition) is 4. The first-order valence-corrected chi connectivity index (χ1v) is 14.6. The van der Waals surface area contributed by atoms with Crippen LogP contribution in [0.5, 0.6) is 0 Å².